The third-order valence-corrected chi connectivity index (χ3v) is 4.12. The molecule has 1 aromatic carbocycles. The van der Waals surface area contributed by atoms with Gasteiger partial charge in [-0.05, 0) is 55.6 Å². The number of carboxylic acids is 1. The van der Waals surface area contributed by atoms with Crippen molar-refractivity contribution in [3.63, 3.8) is 0 Å². The second kappa shape index (κ2) is 5.30. The van der Waals surface area contributed by atoms with E-state index in [0.717, 1.165) is 21.3 Å². The lowest BCUT2D eigenvalue weighted by Crippen LogP contribution is -2.03. The molecule has 0 aliphatic heterocycles. The summed E-state index contributed by atoms with van der Waals surface area (Å²) in [5, 5.41) is 13.0. The molecular formula is C13H13BrN2O2S. The minimum absolute atomic E-state index is 0.242. The molecule has 0 radical (unpaired) electrons. The van der Waals surface area contributed by atoms with Crippen LogP contribution in [0.5, 0.6) is 0 Å². The fourth-order valence-electron chi connectivity index (χ4n) is 1.93. The quantitative estimate of drug-likeness (QED) is 0.875. The predicted octanol–water partition coefficient (Wildman–Crippen LogP) is 4.27. The van der Waals surface area contributed by atoms with E-state index in [-0.39, 0.29) is 5.56 Å². The Labute approximate surface area is 123 Å². The normalized spacial score (nSPS) is 10.5. The number of benzene rings is 1. The van der Waals surface area contributed by atoms with Gasteiger partial charge in [0.05, 0.1) is 5.69 Å². The van der Waals surface area contributed by atoms with Gasteiger partial charge >= 0.3 is 5.97 Å². The van der Waals surface area contributed by atoms with Crippen molar-refractivity contribution < 1.29 is 9.90 Å². The molecule has 0 fully saturated rings. The monoisotopic (exact) mass is 340 g/mol. The van der Waals surface area contributed by atoms with Gasteiger partial charge in [0.15, 0.2) is 0 Å². The summed E-state index contributed by atoms with van der Waals surface area (Å²) in [5.41, 5.74) is 3.80. The van der Waals surface area contributed by atoms with Crippen LogP contribution in [0.4, 0.5) is 10.7 Å². The van der Waals surface area contributed by atoms with Crippen molar-refractivity contribution >= 4 is 44.1 Å². The molecule has 2 rings (SSSR count). The molecule has 1 aromatic heterocycles. The third-order valence-electron chi connectivity index (χ3n) is 2.81. The highest BCUT2D eigenvalue weighted by atomic mass is 79.9. The Morgan fingerprint density at radius 1 is 1.32 bits per heavy atom. The molecular weight excluding hydrogens is 328 g/mol. The molecule has 0 bridgehead atoms. The Balaban J connectivity index is 2.45. The summed E-state index contributed by atoms with van der Waals surface area (Å²) in [6.07, 6.45) is 0. The highest BCUT2D eigenvalue weighted by Crippen LogP contribution is 2.32. The van der Waals surface area contributed by atoms with Crippen LogP contribution in [0.2, 0.25) is 0 Å². The van der Waals surface area contributed by atoms with Crippen LogP contribution in [0.3, 0.4) is 0 Å². The van der Waals surface area contributed by atoms with Crippen LogP contribution in [-0.4, -0.2) is 15.4 Å². The van der Waals surface area contributed by atoms with Crippen molar-refractivity contribution in [3.05, 3.63) is 39.0 Å². The average molecular weight is 341 g/mol. The zero-order valence-corrected chi connectivity index (χ0v) is 13.1. The van der Waals surface area contributed by atoms with E-state index in [4.69, 9.17) is 0 Å². The van der Waals surface area contributed by atoms with E-state index < -0.39 is 5.97 Å². The maximum Gasteiger partial charge on any atom is 0.340 e. The largest absolute Gasteiger partial charge is 0.478 e. The van der Waals surface area contributed by atoms with Gasteiger partial charge in [0.1, 0.15) is 10.6 Å². The zero-order valence-electron chi connectivity index (χ0n) is 10.7. The second-order valence-electron chi connectivity index (χ2n) is 4.32. The molecule has 0 saturated heterocycles. The number of anilines is 2. The number of aromatic carboxylic acids is 1. The number of nitrogens with zero attached hydrogens (tertiary/aromatic N) is 1. The second-order valence-corrected chi connectivity index (χ2v) is 6.01. The predicted molar refractivity (Wildman–Crippen MR) is 80.7 cm³/mol. The van der Waals surface area contributed by atoms with Gasteiger partial charge in [0, 0.05) is 10.2 Å². The summed E-state index contributed by atoms with van der Waals surface area (Å²) in [5.74, 6) is -0.957. The molecule has 0 aliphatic carbocycles. The Morgan fingerprint density at radius 3 is 2.42 bits per heavy atom. The topological polar surface area (TPSA) is 62.2 Å². The van der Waals surface area contributed by atoms with E-state index in [0.29, 0.717) is 10.7 Å². The lowest BCUT2D eigenvalue weighted by atomic mass is 10.1. The molecule has 1 heterocycles. The average Bonchev–Trinajstić information content (AvgIpc) is 2.64. The summed E-state index contributed by atoms with van der Waals surface area (Å²) >= 11 is 4.61. The fourth-order valence-corrected chi connectivity index (χ4v) is 3.41. The molecule has 100 valence electrons. The van der Waals surface area contributed by atoms with Crippen molar-refractivity contribution in [3.8, 4) is 0 Å². The van der Waals surface area contributed by atoms with Gasteiger partial charge < -0.3 is 10.4 Å². The first-order valence-corrected chi connectivity index (χ1v) is 7.20. The van der Waals surface area contributed by atoms with Gasteiger partial charge in [-0.1, -0.05) is 15.9 Å². The molecule has 0 aliphatic rings. The van der Waals surface area contributed by atoms with Crippen LogP contribution in [-0.2, 0) is 0 Å². The molecule has 0 saturated carbocycles. The minimum atomic E-state index is -0.957. The Morgan fingerprint density at radius 2 is 1.89 bits per heavy atom. The maximum atomic E-state index is 11.2. The van der Waals surface area contributed by atoms with E-state index in [2.05, 4.69) is 25.6 Å². The first-order valence-electron chi connectivity index (χ1n) is 5.63. The molecule has 0 amide bonds. The van der Waals surface area contributed by atoms with Crippen LogP contribution in [0, 0.1) is 20.8 Å². The Bertz CT molecular complexity index is 629. The number of carboxylic acid groups (broad SMARTS) is 1. The van der Waals surface area contributed by atoms with Crippen LogP contribution in [0.15, 0.2) is 16.6 Å². The molecule has 2 aromatic rings. The van der Waals surface area contributed by atoms with Crippen molar-refractivity contribution in [1.82, 2.24) is 4.37 Å². The number of rotatable bonds is 3. The Kier molecular flexibility index (Phi) is 3.91. The van der Waals surface area contributed by atoms with Gasteiger partial charge in [0.25, 0.3) is 0 Å². The smallest absolute Gasteiger partial charge is 0.340 e. The standard InChI is InChI=1S/C13H13BrN2O2S/c1-6-4-9(14)5-7(2)11(6)15-12-10(13(17)18)8(3)16-19-12/h4-5,15H,1-3H3,(H,17,18). The number of hydrogen-bond donors (Lipinski definition) is 2. The van der Waals surface area contributed by atoms with E-state index in [9.17, 15) is 9.90 Å². The summed E-state index contributed by atoms with van der Waals surface area (Å²) in [6.45, 7) is 5.66. The van der Waals surface area contributed by atoms with Crippen molar-refractivity contribution in [2.75, 3.05) is 5.32 Å². The summed E-state index contributed by atoms with van der Waals surface area (Å²) in [4.78, 5) is 11.2. The highest BCUT2D eigenvalue weighted by Gasteiger charge is 2.18. The van der Waals surface area contributed by atoms with Gasteiger partial charge in [0.2, 0.25) is 0 Å². The fraction of sp³-hybridized carbons (Fsp3) is 0.231. The van der Waals surface area contributed by atoms with Gasteiger partial charge in [-0.2, -0.15) is 4.37 Å². The number of aryl methyl sites for hydroxylation is 3. The maximum absolute atomic E-state index is 11.2. The summed E-state index contributed by atoms with van der Waals surface area (Å²) in [6, 6.07) is 3.98. The lowest BCUT2D eigenvalue weighted by Gasteiger charge is -2.12. The zero-order chi connectivity index (χ0) is 14.2. The number of nitrogens with one attached hydrogen (secondary N) is 1. The van der Waals surface area contributed by atoms with Crippen LogP contribution < -0.4 is 5.32 Å². The van der Waals surface area contributed by atoms with E-state index in [1.165, 1.54) is 11.5 Å². The number of halogens is 1. The lowest BCUT2D eigenvalue weighted by molar-refractivity contribution is 0.0697. The van der Waals surface area contributed by atoms with E-state index >= 15 is 0 Å². The summed E-state index contributed by atoms with van der Waals surface area (Å²) < 4.78 is 5.11. The van der Waals surface area contributed by atoms with Crippen LogP contribution in [0.25, 0.3) is 0 Å². The number of aromatic nitrogens is 1. The summed E-state index contributed by atoms with van der Waals surface area (Å²) in [7, 11) is 0. The van der Waals surface area contributed by atoms with Crippen molar-refractivity contribution in [2.45, 2.75) is 20.8 Å². The molecule has 4 nitrogen and oxygen atoms in total. The molecule has 6 heteroatoms. The van der Waals surface area contributed by atoms with E-state index in [1.807, 2.05) is 26.0 Å². The van der Waals surface area contributed by atoms with Gasteiger partial charge in [-0.25, -0.2) is 4.79 Å². The minimum Gasteiger partial charge on any atom is -0.478 e. The third kappa shape index (κ3) is 2.79. The van der Waals surface area contributed by atoms with Crippen LogP contribution >= 0.6 is 27.5 Å². The molecule has 0 spiro atoms. The van der Waals surface area contributed by atoms with Gasteiger partial charge in [-0.15, -0.1) is 0 Å². The molecule has 0 atom stereocenters. The first kappa shape index (κ1) is 14.0. The van der Waals surface area contributed by atoms with E-state index in [1.54, 1.807) is 6.92 Å². The van der Waals surface area contributed by atoms with Gasteiger partial charge in [-0.3, -0.25) is 0 Å². The van der Waals surface area contributed by atoms with Crippen molar-refractivity contribution in [2.24, 2.45) is 0 Å². The highest BCUT2D eigenvalue weighted by molar-refractivity contribution is 9.10. The van der Waals surface area contributed by atoms with Crippen LogP contribution in [0.1, 0.15) is 27.2 Å². The molecule has 2 N–H and O–H groups in total. The molecule has 0 unspecified atom stereocenters. The number of hydrogen-bond acceptors (Lipinski definition) is 4. The first-order chi connectivity index (χ1) is 8.90. The SMILES string of the molecule is Cc1cc(Br)cc(C)c1Nc1snc(C)c1C(=O)O. The molecule has 19 heavy (non-hydrogen) atoms. The Hall–Kier alpha value is -1.40. The van der Waals surface area contributed by atoms with Crippen molar-refractivity contribution in [1.29, 1.82) is 0 Å². The number of carbonyl (C=O) groups is 1.